The average molecular weight is 279 g/mol. The van der Waals surface area contributed by atoms with E-state index in [1.54, 1.807) is 0 Å². The number of rotatable bonds is 3. The fraction of sp³-hybridized carbons (Fsp3) is 0.500. The zero-order valence-electron chi connectivity index (χ0n) is 9.65. The molecule has 1 saturated carbocycles. The molecule has 0 spiro atoms. The molecule has 0 bridgehead atoms. The van der Waals surface area contributed by atoms with Gasteiger partial charge in [0.2, 0.25) is 0 Å². The van der Waals surface area contributed by atoms with Gasteiger partial charge in [-0.15, -0.1) is 0 Å². The number of benzene rings is 1. The largest absolute Gasteiger partial charge is 0.416 e. The summed E-state index contributed by atoms with van der Waals surface area (Å²) in [5.74, 6) is 0. The van der Waals surface area contributed by atoms with Crippen LogP contribution in [-0.2, 0) is 6.18 Å². The van der Waals surface area contributed by atoms with Crippen LogP contribution in [0.5, 0.6) is 0 Å². The summed E-state index contributed by atoms with van der Waals surface area (Å²) in [6.45, 7) is 0.404. The maximum Gasteiger partial charge on any atom is 0.416 e. The first kappa shape index (κ1) is 13.5. The van der Waals surface area contributed by atoms with Crippen molar-refractivity contribution in [3.8, 4) is 0 Å². The van der Waals surface area contributed by atoms with E-state index in [9.17, 15) is 13.2 Å². The Bertz CT molecular complexity index is 436. The molecule has 0 aliphatic heterocycles. The molecule has 1 aliphatic rings. The van der Waals surface area contributed by atoms with Crippen molar-refractivity contribution in [3.05, 3.63) is 28.8 Å². The zero-order chi connectivity index (χ0) is 13.4. The van der Waals surface area contributed by atoms with E-state index < -0.39 is 11.7 Å². The van der Waals surface area contributed by atoms with Crippen molar-refractivity contribution in [2.24, 2.45) is 5.73 Å². The van der Waals surface area contributed by atoms with Crippen molar-refractivity contribution in [1.82, 2.24) is 0 Å². The van der Waals surface area contributed by atoms with Crippen molar-refractivity contribution in [3.63, 3.8) is 0 Å². The van der Waals surface area contributed by atoms with E-state index in [1.165, 1.54) is 6.07 Å². The second-order valence-electron chi connectivity index (χ2n) is 4.69. The summed E-state index contributed by atoms with van der Waals surface area (Å²) < 4.78 is 37.9. The number of anilines is 1. The van der Waals surface area contributed by atoms with Crippen molar-refractivity contribution in [2.75, 3.05) is 11.9 Å². The number of hydrogen-bond donors (Lipinski definition) is 2. The smallest absolute Gasteiger partial charge is 0.378 e. The average Bonchev–Trinajstić information content (AvgIpc) is 2.21. The van der Waals surface area contributed by atoms with E-state index >= 15 is 0 Å². The highest BCUT2D eigenvalue weighted by Crippen LogP contribution is 2.37. The molecule has 100 valence electrons. The molecule has 2 rings (SSSR count). The molecule has 0 saturated heterocycles. The van der Waals surface area contributed by atoms with Crippen molar-refractivity contribution in [1.29, 1.82) is 0 Å². The van der Waals surface area contributed by atoms with Crippen LogP contribution in [0.1, 0.15) is 24.8 Å². The van der Waals surface area contributed by atoms with E-state index in [0.29, 0.717) is 12.2 Å². The van der Waals surface area contributed by atoms with Crippen LogP contribution in [0.4, 0.5) is 18.9 Å². The number of nitrogens with two attached hydrogens (primary N) is 1. The molecule has 1 aliphatic carbocycles. The van der Waals surface area contributed by atoms with Crippen LogP contribution >= 0.6 is 11.6 Å². The molecule has 18 heavy (non-hydrogen) atoms. The van der Waals surface area contributed by atoms with Crippen molar-refractivity contribution in [2.45, 2.75) is 31.0 Å². The number of nitrogens with one attached hydrogen (secondary N) is 1. The van der Waals surface area contributed by atoms with Crippen molar-refractivity contribution >= 4 is 17.3 Å². The molecule has 1 fully saturated rings. The third-order valence-corrected chi connectivity index (χ3v) is 3.55. The monoisotopic (exact) mass is 278 g/mol. The molecule has 0 aromatic heterocycles. The SMILES string of the molecule is NCC1(Nc2cc(Cl)cc(C(F)(F)F)c2)CCC1. The van der Waals surface area contributed by atoms with Gasteiger partial charge in [-0.2, -0.15) is 13.2 Å². The highest BCUT2D eigenvalue weighted by Gasteiger charge is 2.36. The van der Waals surface area contributed by atoms with E-state index in [2.05, 4.69) is 5.32 Å². The molecule has 6 heteroatoms. The van der Waals surface area contributed by atoms with E-state index in [1.807, 2.05) is 0 Å². The van der Waals surface area contributed by atoms with Gasteiger partial charge in [0, 0.05) is 22.8 Å². The first-order valence-corrected chi connectivity index (χ1v) is 6.08. The Morgan fingerprint density at radius 1 is 1.28 bits per heavy atom. The summed E-state index contributed by atoms with van der Waals surface area (Å²) in [4.78, 5) is 0. The van der Waals surface area contributed by atoms with Crippen LogP contribution in [0.3, 0.4) is 0 Å². The normalized spacial score (nSPS) is 18.3. The lowest BCUT2D eigenvalue weighted by atomic mass is 9.76. The summed E-state index contributed by atoms with van der Waals surface area (Å²) >= 11 is 5.72. The zero-order valence-corrected chi connectivity index (χ0v) is 10.4. The molecule has 0 atom stereocenters. The third kappa shape index (κ3) is 2.72. The first-order chi connectivity index (χ1) is 8.35. The Balaban J connectivity index is 2.26. The molecule has 0 unspecified atom stereocenters. The van der Waals surface area contributed by atoms with Crippen LogP contribution in [0.15, 0.2) is 18.2 Å². The fourth-order valence-corrected chi connectivity index (χ4v) is 2.35. The van der Waals surface area contributed by atoms with Crippen LogP contribution in [0.2, 0.25) is 5.02 Å². The van der Waals surface area contributed by atoms with Gasteiger partial charge in [0.05, 0.1) is 5.56 Å². The maximum atomic E-state index is 12.6. The third-order valence-electron chi connectivity index (χ3n) is 3.34. The number of alkyl halides is 3. The lowest BCUT2D eigenvalue weighted by Crippen LogP contribution is -2.51. The van der Waals surface area contributed by atoms with Crippen molar-refractivity contribution < 1.29 is 13.2 Å². The van der Waals surface area contributed by atoms with Gasteiger partial charge < -0.3 is 11.1 Å². The standard InChI is InChI=1S/C12H14ClF3N2/c13-9-4-8(12(14,15)16)5-10(6-9)18-11(7-17)2-1-3-11/h4-6,18H,1-3,7,17H2. The molecule has 3 N–H and O–H groups in total. The van der Waals surface area contributed by atoms with Crippen LogP contribution in [0.25, 0.3) is 0 Å². The molecule has 1 aromatic rings. The van der Waals surface area contributed by atoms with Gasteiger partial charge in [-0.3, -0.25) is 0 Å². The molecule has 1 aromatic carbocycles. The van der Waals surface area contributed by atoms with Gasteiger partial charge in [-0.05, 0) is 37.5 Å². The minimum atomic E-state index is -4.39. The van der Waals surface area contributed by atoms with Gasteiger partial charge in [0.25, 0.3) is 0 Å². The molecular weight excluding hydrogens is 265 g/mol. The highest BCUT2D eigenvalue weighted by molar-refractivity contribution is 6.30. The van der Waals surface area contributed by atoms with E-state index in [0.717, 1.165) is 31.4 Å². The minimum absolute atomic E-state index is 0.0684. The fourth-order valence-electron chi connectivity index (χ4n) is 2.12. The van der Waals surface area contributed by atoms with Crippen LogP contribution in [-0.4, -0.2) is 12.1 Å². The lowest BCUT2D eigenvalue weighted by Gasteiger charge is -2.42. The Morgan fingerprint density at radius 2 is 1.94 bits per heavy atom. The summed E-state index contributed by atoms with van der Waals surface area (Å²) in [7, 11) is 0. The highest BCUT2D eigenvalue weighted by atomic mass is 35.5. The number of halogens is 4. The predicted octanol–water partition coefficient (Wildman–Crippen LogP) is 3.65. The molecule has 2 nitrogen and oxygen atoms in total. The van der Waals surface area contributed by atoms with Gasteiger partial charge >= 0.3 is 6.18 Å². The summed E-state index contributed by atoms with van der Waals surface area (Å²) in [6, 6.07) is 3.48. The van der Waals surface area contributed by atoms with Gasteiger partial charge in [0.1, 0.15) is 0 Å². The summed E-state index contributed by atoms with van der Waals surface area (Å²) in [5, 5.41) is 3.15. The minimum Gasteiger partial charge on any atom is -0.378 e. The Hall–Kier alpha value is -0.940. The lowest BCUT2D eigenvalue weighted by molar-refractivity contribution is -0.137. The van der Waals surface area contributed by atoms with Crippen LogP contribution < -0.4 is 11.1 Å². The predicted molar refractivity (Wildman–Crippen MR) is 65.7 cm³/mol. The van der Waals surface area contributed by atoms with E-state index in [4.69, 9.17) is 17.3 Å². The molecule has 0 amide bonds. The Labute approximate surface area is 108 Å². The maximum absolute atomic E-state index is 12.6. The molecule has 0 radical (unpaired) electrons. The second-order valence-corrected chi connectivity index (χ2v) is 5.13. The quantitative estimate of drug-likeness (QED) is 0.886. The van der Waals surface area contributed by atoms with E-state index in [-0.39, 0.29) is 10.6 Å². The van der Waals surface area contributed by atoms with Gasteiger partial charge in [-0.25, -0.2) is 0 Å². The first-order valence-electron chi connectivity index (χ1n) is 5.71. The van der Waals surface area contributed by atoms with Crippen LogP contribution in [0, 0.1) is 0 Å². The topological polar surface area (TPSA) is 38.0 Å². The number of hydrogen-bond acceptors (Lipinski definition) is 2. The van der Waals surface area contributed by atoms with Gasteiger partial charge in [-0.1, -0.05) is 11.6 Å². The Kier molecular flexibility index (Phi) is 3.47. The van der Waals surface area contributed by atoms with Gasteiger partial charge in [0.15, 0.2) is 0 Å². The molecule has 0 heterocycles. The summed E-state index contributed by atoms with van der Waals surface area (Å²) in [6.07, 6.45) is -1.61. The Morgan fingerprint density at radius 3 is 2.39 bits per heavy atom. The summed E-state index contributed by atoms with van der Waals surface area (Å²) in [5.41, 5.74) is 5.02. The second kappa shape index (κ2) is 4.63. The molecular formula is C12H14ClF3N2.